The summed E-state index contributed by atoms with van der Waals surface area (Å²) in [5.41, 5.74) is 1.90. The largest absolute Gasteiger partial charge is 0.354 e. The van der Waals surface area contributed by atoms with Crippen molar-refractivity contribution in [2.75, 3.05) is 24.2 Å². The number of nitrogens with one attached hydrogen (secondary N) is 1. The smallest absolute Gasteiger partial charge is 0.209 e. The first-order valence-electron chi connectivity index (χ1n) is 7.59. The number of pyridine rings is 1. The number of hydrogen-bond acceptors (Lipinski definition) is 5. The molecule has 0 radical (unpaired) electrons. The van der Waals surface area contributed by atoms with Crippen LogP contribution in [0.15, 0.2) is 24.4 Å². The molecule has 7 nitrogen and oxygen atoms in total. The molecule has 3 rings (SSSR count). The fourth-order valence-electron chi connectivity index (χ4n) is 2.77. The van der Waals surface area contributed by atoms with Gasteiger partial charge < -0.3 is 9.47 Å². The van der Waals surface area contributed by atoms with Crippen molar-refractivity contribution in [1.29, 1.82) is 0 Å². The highest BCUT2D eigenvalue weighted by Crippen LogP contribution is 2.17. The van der Waals surface area contributed by atoms with Gasteiger partial charge in [-0.2, -0.15) is 0 Å². The normalized spacial score (nSPS) is 15.3. The Labute approximate surface area is 136 Å². The van der Waals surface area contributed by atoms with Gasteiger partial charge in [-0.1, -0.05) is 6.07 Å². The predicted octanol–water partition coefficient (Wildman–Crippen LogP) is 0.698. The molecule has 0 atom stereocenters. The van der Waals surface area contributed by atoms with Gasteiger partial charge in [-0.05, 0) is 19.1 Å². The summed E-state index contributed by atoms with van der Waals surface area (Å²) in [6, 6.07) is 6.02. The van der Waals surface area contributed by atoms with Crippen LogP contribution in [0, 0.1) is 6.92 Å². The average molecular weight is 335 g/mol. The van der Waals surface area contributed by atoms with Crippen molar-refractivity contribution in [2.45, 2.75) is 26.4 Å². The Morgan fingerprint density at radius 1 is 1.26 bits per heavy atom. The van der Waals surface area contributed by atoms with Crippen LogP contribution in [0.4, 0.5) is 5.82 Å². The van der Waals surface area contributed by atoms with Crippen molar-refractivity contribution >= 4 is 15.8 Å². The molecule has 0 amide bonds. The van der Waals surface area contributed by atoms with Gasteiger partial charge in [-0.3, -0.25) is 0 Å². The van der Waals surface area contributed by atoms with Crippen LogP contribution in [0.2, 0.25) is 0 Å². The summed E-state index contributed by atoms with van der Waals surface area (Å²) in [6.07, 6.45) is 3.74. The summed E-state index contributed by atoms with van der Waals surface area (Å²) in [5, 5.41) is 0. The van der Waals surface area contributed by atoms with Crippen LogP contribution < -0.4 is 9.62 Å². The lowest BCUT2D eigenvalue weighted by Crippen LogP contribution is -2.28. The van der Waals surface area contributed by atoms with Crippen molar-refractivity contribution in [3.8, 4) is 0 Å². The van der Waals surface area contributed by atoms with E-state index in [4.69, 9.17) is 0 Å². The molecule has 0 spiro atoms. The minimum atomic E-state index is -3.21. The molecular weight excluding hydrogens is 314 g/mol. The molecule has 23 heavy (non-hydrogen) atoms. The van der Waals surface area contributed by atoms with Crippen molar-refractivity contribution < 1.29 is 8.42 Å². The standard InChI is InChI=1S/C15H21N5O2S/c1-12-4-3-5-15(18-12)19-7-6-14-16-10-13(20(14)9-8-19)11-17-23(2,21)22/h3-5,10,17H,6-9,11H2,1-2H3. The van der Waals surface area contributed by atoms with Gasteiger partial charge in [0.1, 0.15) is 11.6 Å². The monoisotopic (exact) mass is 335 g/mol. The predicted molar refractivity (Wildman–Crippen MR) is 88.8 cm³/mol. The maximum absolute atomic E-state index is 11.3. The van der Waals surface area contributed by atoms with Gasteiger partial charge in [-0.25, -0.2) is 23.1 Å². The number of fused-ring (bicyclic) bond motifs is 1. The zero-order valence-electron chi connectivity index (χ0n) is 13.4. The molecule has 1 N–H and O–H groups in total. The molecule has 0 saturated carbocycles. The minimum absolute atomic E-state index is 0.272. The van der Waals surface area contributed by atoms with Crippen LogP contribution in [0.3, 0.4) is 0 Å². The maximum Gasteiger partial charge on any atom is 0.209 e. The van der Waals surface area contributed by atoms with E-state index in [0.29, 0.717) is 0 Å². The molecule has 0 bridgehead atoms. The lowest BCUT2D eigenvalue weighted by Gasteiger charge is -2.21. The van der Waals surface area contributed by atoms with Crippen LogP contribution in [-0.2, 0) is 29.5 Å². The second-order valence-corrected chi connectivity index (χ2v) is 7.62. The van der Waals surface area contributed by atoms with E-state index in [1.807, 2.05) is 25.1 Å². The number of sulfonamides is 1. The molecule has 2 aromatic heterocycles. The van der Waals surface area contributed by atoms with Crippen molar-refractivity contribution in [3.05, 3.63) is 41.6 Å². The molecule has 1 aliphatic rings. The summed E-state index contributed by atoms with van der Waals surface area (Å²) in [4.78, 5) is 11.3. The van der Waals surface area contributed by atoms with Gasteiger partial charge in [0.15, 0.2) is 0 Å². The Bertz CT molecular complexity index is 800. The minimum Gasteiger partial charge on any atom is -0.354 e. The first-order valence-corrected chi connectivity index (χ1v) is 9.48. The molecule has 3 heterocycles. The Hall–Kier alpha value is -1.93. The first-order chi connectivity index (χ1) is 10.9. The summed E-state index contributed by atoms with van der Waals surface area (Å²) in [6.45, 7) is 4.71. The van der Waals surface area contributed by atoms with Gasteiger partial charge in [0.2, 0.25) is 10.0 Å². The van der Waals surface area contributed by atoms with E-state index in [1.54, 1.807) is 6.20 Å². The Morgan fingerprint density at radius 3 is 2.83 bits per heavy atom. The third-order valence-corrected chi connectivity index (χ3v) is 4.60. The fraction of sp³-hybridized carbons (Fsp3) is 0.467. The van der Waals surface area contributed by atoms with Crippen LogP contribution in [0.5, 0.6) is 0 Å². The van der Waals surface area contributed by atoms with Crippen molar-refractivity contribution in [3.63, 3.8) is 0 Å². The maximum atomic E-state index is 11.3. The summed E-state index contributed by atoms with van der Waals surface area (Å²) >= 11 is 0. The number of aromatic nitrogens is 3. The van der Waals surface area contributed by atoms with E-state index in [-0.39, 0.29) is 6.54 Å². The molecule has 0 saturated heterocycles. The topological polar surface area (TPSA) is 80.1 Å². The highest BCUT2D eigenvalue weighted by Gasteiger charge is 2.18. The van der Waals surface area contributed by atoms with Crippen LogP contribution in [-0.4, -0.2) is 42.3 Å². The third-order valence-electron chi connectivity index (χ3n) is 3.93. The first kappa shape index (κ1) is 15.9. The molecule has 0 fully saturated rings. The average Bonchev–Trinajstić information content (AvgIpc) is 2.74. The van der Waals surface area contributed by atoms with Crippen molar-refractivity contribution in [2.24, 2.45) is 0 Å². The van der Waals surface area contributed by atoms with Gasteiger partial charge in [0.05, 0.1) is 18.5 Å². The summed E-state index contributed by atoms with van der Waals surface area (Å²) in [5.74, 6) is 1.97. The zero-order valence-corrected chi connectivity index (χ0v) is 14.2. The molecule has 0 unspecified atom stereocenters. The molecule has 8 heteroatoms. The van der Waals surface area contributed by atoms with E-state index < -0.39 is 10.0 Å². The Morgan fingerprint density at radius 2 is 2.09 bits per heavy atom. The number of nitrogens with zero attached hydrogens (tertiary/aromatic N) is 4. The van der Waals surface area contributed by atoms with E-state index in [1.165, 1.54) is 0 Å². The molecule has 0 aromatic carbocycles. The number of anilines is 1. The quantitative estimate of drug-likeness (QED) is 0.889. The van der Waals surface area contributed by atoms with E-state index in [0.717, 1.165) is 55.3 Å². The highest BCUT2D eigenvalue weighted by atomic mass is 32.2. The molecule has 124 valence electrons. The summed E-state index contributed by atoms with van der Waals surface area (Å²) < 4.78 is 27.2. The van der Waals surface area contributed by atoms with Gasteiger partial charge >= 0.3 is 0 Å². The van der Waals surface area contributed by atoms with E-state index in [9.17, 15) is 8.42 Å². The Kier molecular flexibility index (Phi) is 4.36. The second kappa shape index (κ2) is 6.29. The highest BCUT2D eigenvalue weighted by molar-refractivity contribution is 7.88. The van der Waals surface area contributed by atoms with Crippen LogP contribution in [0.1, 0.15) is 17.2 Å². The van der Waals surface area contributed by atoms with Gasteiger partial charge in [0, 0.05) is 37.9 Å². The van der Waals surface area contributed by atoms with Crippen molar-refractivity contribution in [1.82, 2.24) is 19.3 Å². The SMILES string of the molecule is Cc1cccc(N2CCc3ncc(CNS(C)(=O)=O)n3CC2)n1. The molecular formula is C15H21N5O2S. The number of aryl methyl sites for hydroxylation is 1. The fourth-order valence-corrected chi connectivity index (χ4v) is 3.18. The Balaban J connectivity index is 1.74. The number of rotatable bonds is 4. The third kappa shape index (κ3) is 3.89. The lowest BCUT2D eigenvalue weighted by molar-refractivity contribution is 0.581. The second-order valence-electron chi connectivity index (χ2n) is 5.78. The van der Waals surface area contributed by atoms with Crippen LogP contribution in [0.25, 0.3) is 0 Å². The summed E-state index contributed by atoms with van der Waals surface area (Å²) in [7, 11) is -3.21. The lowest BCUT2D eigenvalue weighted by atomic mass is 10.3. The molecule has 0 aliphatic carbocycles. The molecule has 2 aromatic rings. The number of imidazole rings is 1. The van der Waals surface area contributed by atoms with Crippen LogP contribution >= 0.6 is 0 Å². The van der Waals surface area contributed by atoms with E-state index in [2.05, 4.69) is 24.2 Å². The van der Waals surface area contributed by atoms with Gasteiger partial charge in [-0.15, -0.1) is 0 Å². The zero-order chi connectivity index (χ0) is 16.4. The number of hydrogen-bond donors (Lipinski definition) is 1. The van der Waals surface area contributed by atoms with E-state index >= 15 is 0 Å². The van der Waals surface area contributed by atoms with Gasteiger partial charge in [0.25, 0.3) is 0 Å². The molecule has 1 aliphatic heterocycles.